The molecule has 0 bridgehead atoms. The summed E-state index contributed by atoms with van der Waals surface area (Å²) in [5, 5.41) is 3.22. The lowest BCUT2D eigenvalue weighted by atomic mass is 10.1. The van der Waals surface area contributed by atoms with Gasteiger partial charge in [0.25, 0.3) is 0 Å². The molecule has 1 aliphatic carbocycles. The summed E-state index contributed by atoms with van der Waals surface area (Å²) in [6, 6.07) is 4.19. The van der Waals surface area contributed by atoms with Crippen molar-refractivity contribution >= 4 is 0 Å². The van der Waals surface area contributed by atoms with Crippen molar-refractivity contribution < 1.29 is 8.78 Å². The summed E-state index contributed by atoms with van der Waals surface area (Å²) < 4.78 is 26.3. The molecule has 0 aromatic heterocycles. The Morgan fingerprint density at radius 2 is 2.13 bits per heavy atom. The molecule has 15 heavy (non-hydrogen) atoms. The van der Waals surface area contributed by atoms with Crippen molar-refractivity contribution in [1.29, 1.82) is 0 Å². The standard InChI is InChI=1S/C12H15F2N/c1-8(15-7-9-5-6-9)10-3-2-4-11(13)12(10)14/h2-4,8-9,15H,5-7H2,1H3. The van der Waals surface area contributed by atoms with Crippen LogP contribution in [0.3, 0.4) is 0 Å². The Labute approximate surface area is 88.5 Å². The number of benzene rings is 1. The molecule has 1 aromatic rings. The second-order valence-corrected chi connectivity index (χ2v) is 4.22. The molecule has 1 saturated carbocycles. The molecule has 0 aliphatic heterocycles. The van der Waals surface area contributed by atoms with Crippen LogP contribution in [0.15, 0.2) is 18.2 Å². The largest absolute Gasteiger partial charge is 0.310 e. The fourth-order valence-electron chi connectivity index (χ4n) is 1.63. The molecule has 0 amide bonds. The Hall–Kier alpha value is -0.960. The quantitative estimate of drug-likeness (QED) is 0.807. The molecule has 1 N–H and O–H groups in total. The van der Waals surface area contributed by atoms with Crippen LogP contribution in [0.4, 0.5) is 8.78 Å². The van der Waals surface area contributed by atoms with E-state index in [2.05, 4.69) is 5.32 Å². The van der Waals surface area contributed by atoms with Gasteiger partial charge in [-0.05, 0) is 38.3 Å². The van der Waals surface area contributed by atoms with Gasteiger partial charge in [-0.2, -0.15) is 0 Å². The Morgan fingerprint density at radius 1 is 1.40 bits per heavy atom. The molecule has 1 atom stereocenters. The van der Waals surface area contributed by atoms with E-state index < -0.39 is 11.6 Å². The predicted octanol–water partition coefficient (Wildman–Crippen LogP) is 3.03. The topological polar surface area (TPSA) is 12.0 Å². The third-order valence-corrected chi connectivity index (χ3v) is 2.86. The number of halogens is 2. The maximum atomic E-state index is 13.4. The van der Waals surface area contributed by atoms with Gasteiger partial charge in [-0.1, -0.05) is 12.1 Å². The molecule has 1 fully saturated rings. The van der Waals surface area contributed by atoms with Crippen LogP contribution in [-0.2, 0) is 0 Å². The summed E-state index contributed by atoms with van der Waals surface area (Å²) in [6.07, 6.45) is 2.51. The number of hydrogen-bond acceptors (Lipinski definition) is 1. The molecule has 1 unspecified atom stereocenters. The molecule has 82 valence electrons. The Bertz CT molecular complexity index is 347. The zero-order valence-electron chi connectivity index (χ0n) is 8.76. The smallest absolute Gasteiger partial charge is 0.163 e. The Balaban J connectivity index is 2.02. The molecule has 1 nitrogen and oxygen atoms in total. The average molecular weight is 211 g/mol. The first-order chi connectivity index (χ1) is 7.18. The van der Waals surface area contributed by atoms with Crippen molar-refractivity contribution in [3.63, 3.8) is 0 Å². The number of hydrogen-bond donors (Lipinski definition) is 1. The number of rotatable bonds is 4. The molecule has 1 aromatic carbocycles. The Kier molecular flexibility index (Phi) is 3.00. The van der Waals surface area contributed by atoms with Gasteiger partial charge < -0.3 is 5.32 Å². The van der Waals surface area contributed by atoms with Crippen LogP contribution in [0.25, 0.3) is 0 Å². The second-order valence-electron chi connectivity index (χ2n) is 4.22. The maximum Gasteiger partial charge on any atom is 0.163 e. The van der Waals surface area contributed by atoms with Gasteiger partial charge in [-0.15, -0.1) is 0 Å². The zero-order chi connectivity index (χ0) is 10.8. The third kappa shape index (κ3) is 2.53. The monoisotopic (exact) mass is 211 g/mol. The van der Waals surface area contributed by atoms with Crippen LogP contribution >= 0.6 is 0 Å². The fourth-order valence-corrected chi connectivity index (χ4v) is 1.63. The summed E-state index contributed by atoms with van der Waals surface area (Å²) in [7, 11) is 0. The zero-order valence-corrected chi connectivity index (χ0v) is 8.76. The summed E-state index contributed by atoms with van der Waals surface area (Å²) in [4.78, 5) is 0. The Morgan fingerprint density at radius 3 is 2.80 bits per heavy atom. The molecular formula is C12H15F2N. The highest BCUT2D eigenvalue weighted by molar-refractivity contribution is 5.21. The lowest BCUT2D eigenvalue weighted by Crippen LogP contribution is -2.22. The summed E-state index contributed by atoms with van der Waals surface area (Å²) in [5.74, 6) is -0.759. The first-order valence-corrected chi connectivity index (χ1v) is 5.35. The highest BCUT2D eigenvalue weighted by Gasteiger charge is 2.22. The van der Waals surface area contributed by atoms with Gasteiger partial charge in [0.05, 0.1) is 0 Å². The highest BCUT2D eigenvalue weighted by atomic mass is 19.2. The summed E-state index contributed by atoms with van der Waals surface area (Å²) >= 11 is 0. The normalized spacial score (nSPS) is 17.8. The van der Waals surface area contributed by atoms with Gasteiger partial charge in [-0.3, -0.25) is 0 Å². The van der Waals surface area contributed by atoms with Crippen LogP contribution < -0.4 is 5.32 Å². The lowest BCUT2D eigenvalue weighted by Gasteiger charge is -2.14. The van der Waals surface area contributed by atoms with Crippen LogP contribution in [0, 0.1) is 17.6 Å². The van der Waals surface area contributed by atoms with Crippen LogP contribution in [0.2, 0.25) is 0 Å². The molecule has 0 saturated heterocycles. The molecule has 1 aliphatic rings. The summed E-state index contributed by atoms with van der Waals surface area (Å²) in [5.41, 5.74) is 0.413. The minimum atomic E-state index is -0.771. The van der Waals surface area contributed by atoms with E-state index in [9.17, 15) is 8.78 Å². The van der Waals surface area contributed by atoms with Crippen molar-refractivity contribution in [3.8, 4) is 0 Å². The van der Waals surface area contributed by atoms with Crippen molar-refractivity contribution in [2.45, 2.75) is 25.8 Å². The van der Waals surface area contributed by atoms with Gasteiger partial charge in [0.1, 0.15) is 0 Å². The van der Waals surface area contributed by atoms with E-state index in [0.717, 1.165) is 18.5 Å². The second kappa shape index (κ2) is 4.27. The van der Waals surface area contributed by atoms with Crippen molar-refractivity contribution in [1.82, 2.24) is 5.32 Å². The van der Waals surface area contributed by atoms with Crippen molar-refractivity contribution in [2.24, 2.45) is 5.92 Å². The number of nitrogens with one attached hydrogen (secondary N) is 1. The van der Waals surface area contributed by atoms with Crippen LogP contribution in [-0.4, -0.2) is 6.54 Å². The minimum absolute atomic E-state index is 0.124. The average Bonchev–Trinajstić information content (AvgIpc) is 3.02. The predicted molar refractivity (Wildman–Crippen MR) is 55.5 cm³/mol. The lowest BCUT2D eigenvalue weighted by molar-refractivity contribution is 0.469. The molecular weight excluding hydrogens is 196 g/mol. The molecule has 0 radical (unpaired) electrons. The van der Waals surface area contributed by atoms with Gasteiger partial charge >= 0.3 is 0 Å². The minimum Gasteiger partial charge on any atom is -0.310 e. The van der Waals surface area contributed by atoms with E-state index in [1.807, 2.05) is 6.92 Å². The molecule has 0 heterocycles. The summed E-state index contributed by atoms with van der Waals surface area (Å²) in [6.45, 7) is 2.76. The fraction of sp³-hybridized carbons (Fsp3) is 0.500. The van der Waals surface area contributed by atoms with E-state index in [1.54, 1.807) is 12.1 Å². The first-order valence-electron chi connectivity index (χ1n) is 5.35. The van der Waals surface area contributed by atoms with E-state index >= 15 is 0 Å². The van der Waals surface area contributed by atoms with Gasteiger partial charge in [-0.25, -0.2) is 8.78 Å². The maximum absolute atomic E-state index is 13.4. The van der Waals surface area contributed by atoms with E-state index in [-0.39, 0.29) is 6.04 Å². The van der Waals surface area contributed by atoms with Crippen molar-refractivity contribution in [3.05, 3.63) is 35.4 Å². The third-order valence-electron chi connectivity index (χ3n) is 2.86. The first kappa shape index (κ1) is 10.6. The SMILES string of the molecule is CC(NCC1CC1)c1cccc(F)c1F. The van der Waals surface area contributed by atoms with Gasteiger partial charge in [0.2, 0.25) is 0 Å². The van der Waals surface area contributed by atoms with Crippen LogP contribution in [0.5, 0.6) is 0 Å². The molecule has 3 heteroatoms. The van der Waals surface area contributed by atoms with E-state index in [4.69, 9.17) is 0 Å². The van der Waals surface area contributed by atoms with Crippen molar-refractivity contribution in [2.75, 3.05) is 6.54 Å². The molecule has 0 spiro atoms. The van der Waals surface area contributed by atoms with Gasteiger partial charge in [0, 0.05) is 11.6 Å². The van der Waals surface area contributed by atoms with E-state index in [0.29, 0.717) is 5.56 Å². The van der Waals surface area contributed by atoms with Gasteiger partial charge in [0.15, 0.2) is 11.6 Å². The molecule has 2 rings (SSSR count). The van der Waals surface area contributed by atoms with E-state index in [1.165, 1.54) is 12.8 Å². The van der Waals surface area contributed by atoms with Crippen LogP contribution in [0.1, 0.15) is 31.4 Å². The highest BCUT2D eigenvalue weighted by Crippen LogP contribution is 2.29.